The van der Waals surface area contributed by atoms with Gasteiger partial charge in [-0.15, -0.1) is 0 Å². The van der Waals surface area contributed by atoms with E-state index < -0.39 is 5.97 Å². The Morgan fingerprint density at radius 2 is 1.15 bits per heavy atom. The molecule has 2 amide bonds. The quantitative estimate of drug-likeness (QED) is 0.643. The standard InChI is InChI=1S/C21H16N2O4/c24-19(14-5-2-1-3-6-14)22-17-11-9-15(10-12-17)20(25)23-18-8-4-7-16(13-18)21(26)27/h1-13H,(H,22,24)(H,23,25)(H,26,27). The molecule has 134 valence electrons. The molecule has 3 aromatic carbocycles. The lowest BCUT2D eigenvalue weighted by atomic mass is 10.1. The molecule has 0 bridgehead atoms. The molecule has 0 spiro atoms. The van der Waals surface area contributed by atoms with Gasteiger partial charge in [-0.1, -0.05) is 24.3 Å². The number of carbonyl (C=O) groups is 3. The molecule has 0 aliphatic heterocycles. The summed E-state index contributed by atoms with van der Waals surface area (Å²) in [6, 6.07) is 21.2. The van der Waals surface area contributed by atoms with Crippen molar-refractivity contribution in [2.24, 2.45) is 0 Å². The monoisotopic (exact) mass is 360 g/mol. The SMILES string of the molecule is O=C(O)c1cccc(NC(=O)c2ccc(NC(=O)c3ccccc3)cc2)c1. The number of anilines is 2. The number of nitrogens with one attached hydrogen (secondary N) is 2. The van der Waals surface area contributed by atoms with Crippen molar-refractivity contribution >= 4 is 29.2 Å². The van der Waals surface area contributed by atoms with E-state index in [9.17, 15) is 14.4 Å². The fraction of sp³-hybridized carbons (Fsp3) is 0. The Morgan fingerprint density at radius 3 is 1.78 bits per heavy atom. The molecular weight excluding hydrogens is 344 g/mol. The van der Waals surface area contributed by atoms with Crippen LogP contribution in [0.3, 0.4) is 0 Å². The molecule has 0 saturated heterocycles. The highest BCUT2D eigenvalue weighted by Gasteiger charge is 2.10. The van der Waals surface area contributed by atoms with E-state index in [1.807, 2.05) is 6.07 Å². The van der Waals surface area contributed by atoms with Crippen molar-refractivity contribution in [3.8, 4) is 0 Å². The van der Waals surface area contributed by atoms with Gasteiger partial charge in [-0.25, -0.2) is 4.79 Å². The second-order valence-electron chi connectivity index (χ2n) is 5.74. The average Bonchev–Trinajstić information content (AvgIpc) is 2.69. The lowest BCUT2D eigenvalue weighted by Crippen LogP contribution is -2.14. The molecule has 6 heteroatoms. The van der Waals surface area contributed by atoms with Crippen molar-refractivity contribution < 1.29 is 19.5 Å². The summed E-state index contributed by atoms with van der Waals surface area (Å²) in [5.74, 6) is -1.68. The van der Waals surface area contributed by atoms with Gasteiger partial charge in [0.25, 0.3) is 11.8 Å². The average molecular weight is 360 g/mol. The van der Waals surface area contributed by atoms with Gasteiger partial charge in [0, 0.05) is 22.5 Å². The lowest BCUT2D eigenvalue weighted by molar-refractivity contribution is 0.0696. The molecule has 6 nitrogen and oxygen atoms in total. The summed E-state index contributed by atoms with van der Waals surface area (Å²) in [7, 11) is 0. The van der Waals surface area contributed by atoms with Gasteiger partial charge in [0.1, 0.15) is 0 Å². The fourth-order valence-electron chi connectivity index (χ4n) is 2.43. The van der Waals surface area contributed by atoms with Crippen LogP contribution in [0.2, 0.25) is 0 Å². The summed E-state index contributed by atoms with van der Waals surface area (Å²) in [6.45, 7) is 0. The maximum Gasteiger partial charge on any atom is 0.335 e. The number of rotatable bonds is 5. The van der Waals surface area contributed by atoms with Gasteiger partial charge in [-0.2, -0.15) is 0 Å². The largest absolute Gasteiger partial charge is 0.478 e. The number of amides is 2. The zero-order chi connectivity index (χ0) is 19.2. The molecule has 27 heavy (non-hydrogen) atoms. The van der Waals surface area contributed by atoms with E-state index in [2.05, 4.69) is 10.6 Å². The Morgan fingerprint density at radius 1 is 0.593 bits per heavy atom. The zero-order valence-electron chi connectivity index (χ0n) is 14.2. The minimum absolute atomic E-state index is 0.0896. The van der Waals surface area contributed by atoms with Crippen LogP contribution in [0.15, 0.2) is 78.9 Å². The summed E-state index contributed by atoms with van der Waals surface area (Å²) in [6.07, 6.45) is 0. The van der Waals surface area contributed by atoms with E-state index in [0.717, 1.165) is 0 Å². The van der Waals surface area contributed by atoms with Crippen LogP contribution in [0.5, 0.6) is 0 Å². The van der Waals surface area contributed by atoms with Crippen LogP contribution in [-0.4, -0.2) is 22.9 Å². The molecule has 3 aromatic rings. The second kappa shape index (κ2) is 7.97. The van der Waals surface area contributed by atoms with Crippen LogP contribution >= 0.6 is 0 Å². The van der Waals surface area contributed by atoms with E-state index in [-0.39, 0.29) is 17.4 Å². The summed E-state index contributed by atoms with van der Waals surface area (Å²) >= 11 is 0. The number of benzene rings is 3. The van der Waals surface area contributed by atoms with Gasteiger partial charge in [0.2, 0.25) is 0 Å². The molecule has 0 unspecified atom stereocenters. The third-order valence-corrected chi connectivity index (χ3v) is 3.81. The van der Waals surface area contributed by atoms with Crippen LogP contribution in [0, 0.1) is 0 Å². The molecule has 3 rings (SSSR count). The first-order valence-electron chi connectivity index (χ1n) is 8.14. The third kappa shape index (κ3) is 4.58. The number of carbonyl (C=O) groups excluding carboxylic acids is 2. The highest BCUT2D eigenvalue weighted by molar-refractivity contribution is 6.06. The normalized spacial score (nSPS) is 10.1. The zero-order valence-corrected chi connectivity index (χ0v) is 14.2. The van der Waals surface area contributed by atoms with Crippen LogP contribution in [0.4, 0.5) is 11.4 Å². The smallest absolute Gasteiger partial charge is 0.335 e. The van der Waals surface area contributed by atoms with Gasteiger partial charge >= 0.3 is 5.97 Å². The molecule has 0 heterocycles. The maximum absolute atomic E-state index is 12.3. The van der Waals surface area contributed by atoms with Crippen LogP contribution < -0.4 is 10.6 Å². The van der Waals surface area contributed by atoms with Gasteiger partial charge in [0.15, 0.2) is 0 Å². The fourth-order valence-corrected chi connectivity index (χ4v) is 2.43. The van der Waals surface area contributed by atoms with Gasteiger partial charge in [-0.3, -0.25) is 9.59 Å². The van der Waals surface area contributed by atoms with Crippen molar-refractivity contribution in [1.82, 2.24) is 0 Å². The minimum atomic E-state index is -1.07. The molecule has 0 radical (unpaired) electrons. The predicted molar refractivity (Wildman–Crippen MR) is 102 cm³/mol. The Bertz CT molecular complexity index is 983. The highest BCUT2D eigenvalue weighted by Crippen LogP contribution is 2.15. The first kappa shape index (κ1) is 17.9. The lowest BCUT2D eigenvalue weighted by Gasteiger charge is -2.08. The van der Waals surface area contributed by atoms with Gasteiger partial charge in [0.05, 0.1) is 5.56 Å². The Balaban J connectivity index is 1.66. The van der Waals surface area contributed by atoms with Crippen LogP contribution in [0.1, 0.15) is 31.1 Å². The number of carboxylic acid groups (broad SMARTS) is 1. The van der Waals surface area contributed by atoms with Crippen molar-refractivity contribution in [3.63, 3.8) is 0 Å². The molecule has 3 N–H and O–H groups in total. The molecule has 0 atom stereocenters. The van der Waals surface area contributed by atoms with Gasteiger partial charge < -0.3 is 15.7 Å². The van der Waals surface area contributed by atoms with Crippen molar-refractivity contribution in [2.45, 2.75) is 0 Å². The predicted octanol–water partition coefficient (Wildman–Crippen LogP) is 3.89. The molecule has 0 aliphatic carbocycles. The van der Waals surface area contributed by atoms with E-state index in [1.165, 1.54) is 12.1 Å². The van der Waals surface area contributed by atoms with E-state index in [0.29, 0.717) is 22.5 Å². The first-order valence-corrected chi connectivity index (χ1v) is 8.14. The van der Waals surface area contributed by atoms with Gasteiger partial charge in [-0.05, 0) is 54.6 Å². The van der Waals surface area contributed by atoms with E-state index >= 15 is 0 Å². The molecule has 0 saturated carbocycles. The number of hydrogen-bond acceptors (Lipinski definition) is 3. The molecular formula is C21H16N2O4. The van der Waals surface area contributed by atoms with E-state index in [4.69, 9.17) is 5.11 Å². The van der Waals surface area contributed by atoms with Crippen LogP contribution in [-0.2, 0) is 0 Å². The molecule has 0 fully saturated rings. The summed E-state index contributed by atoms with van der Waals surface area (Å²) in [4.78, 5) is 35.4. The Kier molecular flexibility index (Phi) is 5.28. The summed E-state index contributed by atoms with van der Waals surface area (Å²) < 4.78 is 0. The molecule has 0 aliphatic rings. The molecule has 0 aromatic heterocycles. The highest BCUT2D eigenvalue weighted by atomic mass is 16.4. The maximum atomic E-state index is 12.3. The number of hydrogen-bond donors (Lipinski definition) is 3. The van der Waals surface area contributed by atoms with Crippen molar-refractivity contribution in [1.29, 1.82) is 0 Å². The third-order valence-electron chi connectivity index (χ3n) is 3.81. The number of aromatic carboxylic acids is 1. The Labute approximate surface area is 155 Å². The second-order valence-corrected chi connectivity index (χ2v) is 5.74. The van der Waals surface area contributed by atoms with Crippen LogP contribution in [0.25, 0.3) is 0 Å². The van der Waals surface area contributed by atoms with Crippen molar-refractivity contribution in [3.05, 3.63) is 95.6 Å². The summed E-state index contributed by atoms with van der Waals surface area (Å²) in [5, 5.41) is 14.4. The minimum Gasteiger partial charge on any atom is -0.478 e. The summed E-state index contributed by atoms with van der Waals surface area (Å²) in [5.41, 5.74) is 1.97. The van der Waals surface area contributed by atoms with E-state index in [1.54, 1.807) is 60.7 Å². The number of carboxylic acids is 1. The first-order chi connectivity index (χ1) is 13.0. The Hall–Kier alpha value is -3.93. The van der Waals surface area contributed by atoms with Crippen molar-refractivity contribution in [2.75, 3.05) is 10.6 Å². The topological polar surface area (TPSA) is 95.5 Å².